The van der Waals surface area contributed by atoms with E-state index in [9.17, 15) is 0 Å². The van der Waals surface area contributed by atoms with Gasteiger partial charge in [-0.05, 0) is 13.8 Å². The van der Waals surface area contributed by atoms with Gasteiger partial charge in [-0.3, -0.25) is 0 Å². The highest BCUT2D eigenvalue weighted by molar-refractivity contribution is 4.75. The van der Waals surface area contributed by atoms with E-state index in [1.54, 1.807) is 20.8 Å². The summed E-state index contributed by atoms with van der Waals surface area (Å²) in [6, 6.07) is 0. The first-order valence-corrected chi connectivity index (χ1v) is 4.38. The second-order valence-electron chi connectivity index (χ2n) is 2.61. The largest absolute Gasteiger partial charge is 0.344 e. The molecule has 0 aromatic heterocycles. The molecule has 13 heavy (non-hydrogen) atoms. The lowest BCUT2D eigenvalue weighted by atomic mass is 10.1. The van der Waals surface area contributed by atoms with Gasteiger partial charge in [-0.15, -0.1) is 0 Å². The molecule has 0 saturated heterocycles. The third kappa shape index (κ3) is 2.89. The topological polar surface area (TPSA) is 79.2 Å². The van der Waals surface area contributed by atoms with E-state index in [0.717, 1.165) is 0 Å². The molecule has 0 unspecified atom stereocenters. The highest BCUT2D eigenvalue weighted by Crippen LogP contribution is 2.27. The van der Waals surface area contributed by atoms with Gasteiger partial charge in [0.15, 0.2) is 0 Å². The number of hydrogen-bond donors (Lipinski definition) is 3. The summed E-state index contributed by atoms with van der Waals surface area (Å²) in [4.78, 5) is 0. The van der Waals surface area contributed by atoms with Gasteiger partial charge in [0.1, 0.15) is 0 Å². The number of ether oxygens (including phenoxy) is 2. The number of aliphatic hydroxyl groups is 3. The Hall–Kier alpha value is -0.200. The predicted octanol–water partition coefficient (Wildman–Crippen LogP) is -0.204. The van der Waals surface area contributed by atoms with Crippen molar-refractivity contribution in [2.45, 2.75) is 39.0 Å². The third-order valence-electron chi connectivity index (χ3n) is 1.73. The zero-order chi connectivity index (χ0) is 10.5. The molecule has 0 rings (SSSR count). The Morgan fingerprint density at radius 3 is 1.46 bits per heavy atom. The monoisotopic (exact) mass is 194 g/mol. The van der Waals surface area contributed by atoms with Crippen LogP contribution in [0.4, 0.5) is 0 Å². The second kappa shape index (κ2) is 4.88. The molecule has 0 heterocycles. The standard InChI is InChI=1S/C8H18O5/c1-4-7(12-5-2,13-6-3)8(9,10)11/h9-11H,4-6H2,1-3H3. The molecule has 0 aliphatic heterocycles. The summed E-state index contributed by atoms with van der Waals surface area (Å²) in [5.41, 5.74) is 0. The highest BCUT2D eigenvalue weighted by atomic mass is 16.8. The first-order valence-electron chi connectivity index (χ1n) is 4.38. The van der Waals surface area contributed by atoms with E-state index in [-0.39, 0.29) is 19.6 Å². The van der Waals surface area contributed by atoms with Crippen LogP contribution in [0.5, 0.6) is 0 Å². The fourth-order valence-electron chi connectivity index (χ4n) is 1.14. The summed E-state index contributed by atoms with van der Waals surface area (Å²) >= 11 is 0. The number of hydrogen-bond acceptors (Lipinski definition) is 5. The van der Waals surface area contributed by atoms with Crippen LogP contribution < -0.4 is 0 Å². The minimum atomic E-state index is -2.98. The van der Waals surface area contributed by atoms with Gasteiger partial charge in [0, 0.05) is 19.6 Å². The van der Waals surface area contributed by atoms with Crippen molar-refractivity contribution < 1.29 is 24.8 Å². The van der Waals surface area contributed by atoms with Crippen molar-refractivity contribution in [3.63, 3.8) is 0 Å². The summed E-state index contributed by atoms with van der Waals surface area (Å²) < 4.78 is 10.0. The Morgan fingerprint density at radius 1 is 0.923 bits per heavy atom. The van der Waals surface area contributed by atoms with Crippen LogP contribution in [-0.4, -0.2) is 40.3 Å². The summed E-state index contributed by atoms with van der Waals surface area (Å²) in [6.45, 7) is 5.42. The van der Waals surface area contributed by atoms with Gasteiger partial charge in [0.25, 0.3) is 5.79 Å². The maximum Gasteiger partial charge on any atom is 0.333 e. The molecule has 0 aromatic rings. The Kier molecular flexibility index (Phi) is 4.80. The number of rotatable bonds is 6. The van der Waals surface area contributed by atoms with Crippen LogP contribution in [0.2, 0.25) is 0 Å². The summed E-state index contributed by atoms with van der Waals surface area (Å²) in [6.07, 6.45) is 0.137. The van der Waals surface area contributed by atoms with E-state index in [1.165, 1.54) is 0 Å². The van der Waals surface area contributed by atoms with Crippen LogP contribution >= 0.6 is 0 Å². The average Bonchev–Trinajstić information content (AvgIpc) is 2.02. The molecule has 3 N–H and O–H groups in total. The van der Waals surface area contributed by atoms with Gasteiger partial charge >= 0.3 is 5.97 Å². The Labute approximate surface area is 77.9 Å². The van der Waals surface area contributed by atoms with E-state index in [1.807, 2.05) is 0 Å². The van der Waals surface area contributed by atoms with Crippen LogP contribution in [0.15, 0.2) is 0 Å². The quantitative estimate of drug-likeness (QED) is 0.510. The van der Waals surface area contributed by atoms with Crippen LogP contribution in [-0.2, 0) is 9.47 Å². The predicted molar refractivity (Wildman–Crippen MR) is 45.7 cm³/mol. The normalized spacial score (nSPS) is 13.4. The molecule has 0 spiro atoms. The molecule has 0 aromatic carbocycles. The fourth-order valence-corrected chi connectivity index (χ4v) is 1.14. The maximum atomic E-state index is 9.05. The van der Waals surface area contributed by atoms with E-state index < -0.39 is 11.8 Å². The van der Waals surface area contributed by atoms with Gasteiger partial charge in [0.2, 0.25) is 0 Å². The van der Waals surface area contributed by atoms with E-state index in [2.05, 4.69) is 0 Å². The summed E-state index contributed by atoms with van der Waals surface area (Å²) in [7, 11) is 0. The van der Waals surface area contributed by atoms with Crippen molar-refractivity contribution in [2.75, 3.05) is 13.2 Å². The van der Waals surface area contributed by atoms with Crippen molar-refractivity contribution in [1.29, 1.82) is 0 Å². The molecule has 0 fully saturated rings. The van der Waals surface area contributed by atoms with Crippen molar-refractivity contribution in [1.82, 2.24) is 0 Å². The smallest absolute Gasteiger partial charge is 0.333 e. The summed E-state index contributed by atoms with van der Waals surface area (Å²) in [5, 5.41) is 27.2. The van der Waals surface area contributed by atoms with Gasteiger partial charge < -0.3 is 24.8 Å². The molecule has 0 aliphatic rings. The molecule has 5 heteroatoms. The van der Waals surface area contributed by atoms with Gasteiger partial charge in [-0.2, -0.15) is 0 Å². The average molecular weight is 194 g/mol. The van der Waals surface area contributed by atoms with Crippen molar-refractivity contribution in [3.05, 3.63) is 0 Å². The molecule has 0 radical (unpaired) electrons. The SMILES string of the molecule is CCOC(CC)(OCC)C(O)(O)O. The van der Waals surface area contributed by atoms with E-state index in [4.69, 9.17) is 24.8 Å². The third-order valence-corrected chi connectivity index (χ3v) is 1.73. The minimum Gasteiger partial charge on any atom is -0.344 e. The Balaban J connectivity index is 4.64. The molecule has 5 nitrogen and oxygen atoms in total. The highest BCUT2D eigenvalue weighted by Gasteiger charge is 2.50. The molecule has 0 bridgehead atoms. The molecular formula is C8H18O5. The lowest BCUT2D eigenvalue weighted by molar-refractivity contribution is -0.463. The zero-order valence-electron chi connectivity index (χ0n) is 8.28. The van der Waals surface area contributed by atoms with Crippen LogP contribution in [0, 0.1) is 0 Å². The van der Waals surface area contributed by atoms with Gasteiger partial charge in [-0.1, -0.05) is 6.92 Å². The first-order chi connectivity index (χ1) is 5.93. The lowest BCUT2D eigenvalue weighted by Crippen LogP contribution is -2.57. The Morgan fingerprint density at radius 2 is 1.31 bits per heavy atom. The summed E-state index contributed by atoms with van der Waals surface area (Å²) in [5.74, 6) is -4.73. The zero-order valence-corrected chi connectivity index (χ0v) is 8.28. The molecule has 0 aliphatic carbocycles. The van der Waals surface area contributed by atoms with Crippen LogP contribution in [0.1, 0.15) is 27.2 Å². The van der Waals surface area contributed by atoms with E-state index >= 15 is 0 Å². The maximum absolute atomic E-state index is 9.05. The molecule has 80 valence electrons. The molecule has 0 atom stereocenters. The van der Waals surface area contributed by atoms with Gasteiger partial charge in [0.05, 0.1) is 0 Å². The Bertz CT molecular complexity index is 134. The van der Waals surface area contributed by atoms with Crippen molar-refractivity contribution in [3.8, 4) is 0 Å². The lowest BCUT2D eigenvalue weighted by Gasteiger charge is -2.37. The van der Waals surface area contributed by atoms with Crippen molar-refractivity contribution >= 4 is 0 Å². The molecule has 0 amide bonds. The van der Waals surface area contributed by atoms with E-state index in [0.29, 0.717) is 0 Å². The first kappa shape index (κ1) is 12.8. The van der Waals surface area contributed by atoms with Crippen LogP contribution in [0.3, 0.4) is 0 Å². The second-order valence-corrected chi connectivity index (χ2v) is 2.61. The molecular weight excluding hydrogens is 176 g/mol. The fraction of sp³-hybridized carbons (Fsp3) is 1.00. The minimum absolute atomic E-state index is 0.137. The molecule has 0 saturated carbocycles. The van der Waals surface area contributed by atoms with Crippen molar-refractivity contribution in [2.24, 2.45) is 0 Å². The van der Waals surface area contributed by atoms with Crippen LogP contribution in [0.25, 0.3) is 0 Å². The van der Waals surface area contributed by atoms with Gasteiger partial charge in [-0.25, -0.2) is 0 Å².